The van der Waals surface area contributed by atoms with Gasteiger partial charge in [0, 0.05) is 6.42 Å². The SMILES string of the molecule is CC(C)(C)c1ccc(CCC(=O)NNC(=O)c2ccco2)cc1. The summed E-state index contributed by atoms with van der Waals surface area (Å²) in [7, 11) is 0. The molecule has 2 amide bonds. The Labute approximate surface area is 136 Å². The zero-order chi connectivity index (χ0) is 16.9. The fourth-order valence-corrected chi connectivity index (χ4v) is 2.09. The molecule has 122 valence electrons. The summed E-state index contributed by atoms with van der Waals surface area (Å²) in [5.74, 6) is -0.564. The van der Waals surface area contributed by atoms with E-state index in [0.29, 0.717) is 12.8 Å². The summed E-state index contributed by atoms with van der Waals surface area (Å²) in [5, 5.41) is 0. The molecule has 2 aromatic rings. The molecule has 0 fully saturated rings. The molecule has 0 aliphatic heterocycles. The van der Waals surface area contributed by atoms with Crippen LogP contribution in [0.2, 0.25) is 0 Å². The topological polar surface area (TPSA) is 71.3 Å². The average molecular weight is 314 g/mol. The van der Waals surface area contributed by atoms with E-state index < -0.39 is 5.91 Å². The van der Waals surface area contributed by atoms with E-state index in [1.54, 1.807) is 6.07 Å². The zero-order valence-electron chi connectivity index (χ0n) is 13.7. The van der Waals surface area contributed by atoms with E-state index in [1.165, 1.54) is 17.9 Å². The Morgan fingerprint density at radius 1 is 1.04 bits per heavy atom. The van der Waals surface area contributed by atoms with Gasteiger partial charge in [-0.3, -0.25) is 20.4 Å². The number of amides is 2. The number of nitrogens with one attached hydrogen (secondary N) is 2. The molecule has 1 aromatic heterocycles. The summed E-state index contributed by atoms with van der Waals surface area (Å²) >= 11 is 0. The number of benzene rings is 1. The molecule has 2 N–H and O–H groups in total. The van der Waals surface area contributed by atoms with Gasteiger partial charge >= 0.3 is 5.91 Å². The van der Waals surface area contributed by atoms with Gasteiger partial charge in [0.05, 0.1) is 6.26 Å². The van der Waals surface area contributed by atoms with Crippen LogP contribution in [0.25, 0.3) is 0 Å². The van der Waals surface area contributed by atoms with Gasteiger partial charge in [0.15, 0.2) is 5.76 Å². The maximum absolute atomic E-state index is 11.8. The van der Waals surface area contributed by atoms with Crippen LogP contribution in [0.1, 0.15) is 48.9 Å². The molecular weight excluding hydrogens is 292 g/mol. The number of aryl methyl sites for hydroxylation is 1. The first-order valence-corrected chi connectivity index (χ1v) is 7.58. The van der Waals surface area contributed by atoms with Crippen LogP contribution in [-0.4, -0.2) is 11.8 Å². The third-order valence-electron chi connectivity index (χ3n) is 3.52. The predicted molar refractivity (Wildman–Crippen MR) is 87.8 cm³/mol. The average Bonchev–Trinajstić information content (AvgIpc) is 3.04. The molecule has 1 aromatic carbocycles. The number of carbonyl (C=O) groups is 2. The molecule has 0 atom stereocenters. The van der Waals surface area contributed by atoms with Gasteiger partial charge in [-0.2, -0.15) is 0 Å². The monoisotopic (exact) mass is 314 g/mol. The minimum Gasteiger partial charge on any atom is -0.459 e. The van der Waals surface area contributed by atoms with Gasteiger partial charge in [-0.1, -0.05) is 45.0 Å². The number of furan rings is 1. The van der Waals surface area contributed by atoms with Crippen molar-refractivity contribution in [2.75, 3.05) is 0 Å². The molecule has 5 nitrogen and oxygen atoms in total. The number of hydrazine groups is 1. The lowest BCUT2D eigenvalue weighted by molar-refractivity contribution is -0.121. The van der Waals surface area contributed by atoms with E-state index in [-0.39, 0.29) is 17.1 Å². The normalized spacial score (nSPS) is 11.1. The lowest BCUT2D eigenvalue weighted by Crippen LogP contribution is -2.41. The van der Waals surface area contributed by atoms with Crippen LogP contribution in [0.4, 0.5) is 0 Å². The Morgan fingerprint density at radius 2 is 1.74 bits per heavy atom. The van der Waals surface area contributed by atoms with Gasteiger partial charge in [-0.05, 0) is 35.1 Å². The summed E-state index contributed by atoms with van der Waals surface area (Å²) < 4.78 is 4.93. The molecule has 0 unspecified atom stereocenters. The third-order valence-corrected chi connectivity index (χ3v) is 3.52. The molecule has 0 saturated carbocycles. The molecule has 0 aliphatic carbocycles. The van der Waals surface area contributed by atoms with Crippen molar-refractivity contribution in [3.05, 3.63) is 59.5 Å². The fraction of sp³-hybridized carbons (Fsp3) is 0.333. The van der Waals surface area contributed by atoms with Crippen molar-refractivity contribution < 1.29 is 14.0 Å². The van der Waals surface area contributed by atoms with Gasteiger partial charge in [-0.15, -0.1) is 0 Å². The number of hydrogen-bond acceptors (Lipinski definition) is 3. The van der Waals surface area contributed by atoms with Crippen molar-refractivity contribution in [3.63, 3.8) is 0 Å². The highest BCUT2D eigenvalue weighted by Gasteiger charge is 2.13. The van der Waals surface area contributed by atoms with Crippen molar-refractivity contribution in [2.24, 2.45) is 0 Å². The van der Waals surface area contributed by atoms with Gasteiger partial charge in [0.1, 0.15) is 0 Å². The van der Waals surface area contributed by atoms with Gasteiger partial charge < -0.3 is 4.42 Å². The quantitative estimate of drug-likeness (QED) is 0.852. The van der Waals surface area contributed by atoms with Crippen molar-refractivity contribution >= 4 is 11.8 Å². The first kappa shape index (κ1) is 16.8. The minimum absolute atomic E-state index is 0.117. The second kappa shape index (κ2) is 7.13. The highest BCUT2D eigenvalue weighted by atomic mass is 16.3. The number of carbonyl (C=O) groups excluding carboxylic acids is 2. The van der Waals surface area contributed by atoms with E-state index in [4.69, 9.17) is 4.42 Å². The Morgan fingerprint density at radius 3 is 2.30 bits per heavy atom. The van der Waals surface area contributed by atoms with E-state index in [2.05, 4.69) is 43.8 Å². The van der Waals surface area contributed by atoms with Crippen molar-refractivity contribution in [2.45, 2.75) is 39.0 Å². The summed E-state index contributed by atoms with van der Waals surface area (Å²) in [5.41, 5.74) is 7.16. The van der Waals surface area contributed by atoms with E-state index >= 15 is 0 Å². The van der Waals surface area contributed by atoms with Gasteiger partial charge in [0.2, 0.25) is 5.91 Å². The first-order chi connectivity index (χ1) is 10.9. The number of rotatable bonds is 4. The molecule has 0 saturated heterocycles. The molecule has 23 heavy (non-hydrogen) atoms. The smallest absolute Gasteiger partial charge is 0.305 e. The highest BCUT2D eigenvalue weighted by molar-refractivity contribution is 5.92. The molecule has 0 radical (unpaired) electrons. The van der Waals surface area contributed by atoms with Crippen LogP contribution in [0.15, 0.2) is 47.1 Å². The number of hydrogen-bond donors (Lipinski definition) is 2. The summed E-state index contributed by atoms with van der Waals surface area (Å²) in [6, 6.07) is 11.4. The van der Waals surface area contributed by atoms with Crippen LogP contribution in [0, 0.1) is 0 Å². The van der Waals surface area contributed by atoms with Crippen LogP contribution >= 0.6 is 0 Å². The van der Waals surface area contributed by atoms with Crippen molar-refractivity contribution in [1.82, 2.24) is 10.9 Å². The Balaban J connectivity index is 1.77. The van der Waals surface area contributed by atoms with E-state index in [9.17, 15) is 9.59 Å². The van der Waals surface area contributed by atoms with E-state index in [1.807, 2.05) is 12.1 Å². The highest BCUT2D eigenvalue weighted by Crippen LogP contribution is 2.22. The van der Waals surface area contributed by atoms with Gasteiger partial charge in [-0.25, -0.2) is 0 Å². The molecule has 5 heteroatoms. The van der Waals surface area contributed by atoms with Crippen LogP contribution in [0.5, 0.6) is 0 Å². The first-order valence-electron chi connectivity index (χ1n) is 7.58. The van der Waals surface area contributed by atoms with E-state index in [0.717, 1.165) is 5.56 Å². The largest absolute Gasteiger partial charge is 0.459 e. The second-order valence-electron chi connectivity index (χ2n) is 6.43. The summed E-state index contributed by atoms with van der Waals surface area (Å²) in [4.78, 5) is 23.4. The lowest BCUT2D eigenvalue weighted by Gasteiger charge is -2.19. The summed E-state index contributed by atoms with van der Waals surface area (Å²) in [6.07, 6.45) is 2.32. The Hall–Kier alpha value is -2.56. The molecule has 0 spiro atoms. The summed E-state index contributed by atoms with van der Waals surface area (Å²) in [6.45, 7) is 6.49. The second-order valence-corrected chi connectivity index (χ2v) is 6.43. The fourth-order valence-electron chi connectivity index (χ4n) is 2.09. The Kier molecular flexibility index (Phi) is 5.21. The van der Waals surface area contributed by atoms with Crippen LogP contribution in [0.3, 0.4) is 0 Å². The van der Waals surface area contributed by atoms with Crippen LogP contribution < -0.4 is 10.9 Å². The van der Waals surface area contributed by atoms with Crippen molar-refractivity contribution in [3.8, 4) is 0 Å². The molecule has 0 aliphatic rings. The predicted octanol–water partition coefficient (Wildman–Crippen LogP) is 2.97. The molecular formula is C18H22N2O3. The lowest BCUT2D eigenvalue weighted by atomic mass is 9.86. The van der Waals surface area contributed by atoms with Crippen molar-refractivity contribution in [1.29, 1.82) is 0 Å². The maximum Gasteiger partial charge on any atom is 0.305 e. The standard InChI is InChI=1S/C18H22N2O3/c1-18(2,3)14-9-6-13(7-10-14)8-11-16(21)19-20-17(22)15-5-4-12-23-15/h4-7,9-10,12H,8,11H2,1-3H3,(H,19,21)(H,20,22). The molecule has 1 heterocycles. The maximum atomic E-state index is 11.8. The Bertz CT molecular complexity index is 653. The molecule has 2 rings (SSSR count). The minimum atomic E-state index is -0.474. The molecule has 0 bridgehead atoms. The van der Waals surface area contributed by atoms with Gasteiger partial charge in [0.25, 0.3) is 0 Å². The zero-order valence-corrected chi connectivity index (χ0v) is 13.7. The van der Waals surface area contributed by atoms with Crippen LogP contribution in [-0.2, 0) is 16.6 Å². The third kappa shape index (κ3) is 4.98.